The van der Waals surface area contributed by atoms with Gasteiger partial charge in [0.25, 0.3) is 0 Å². The normalized spacial score (nSPS) is 27.8. The van der Waals surface area contributed by atoms with Crippen molar-refractivity contribution in [2.45, 2.75) is 215 Å². The summed E-state index contributed by atoms with van der Waals surface area (Å²) in [4.78, 5) is 168. The number of nitrogens with one attached hydrogen (secondary N) is 4. The minimum Gasteiger partial charge on any atom is -0.390 e. The quantitative estimate of drug-likeness (QED) is 0.166. The SMILES string of the molecule is C/C=C/C[C@@H](C)[C@@H](O)[C@H]1C(=O)N[C@@H](CC)C(=O)N(C)CC(=O)N2CCC[C@H]2C(=O)N[C@@H](C(C)C)C(=O)N(C)[C@@H](CC(C)C)C(=O)N[C@@H](C)C(=O)N[C@H](C)C(=O)N(C)[C@@H](CC(C)C)C(=O)N(C)[C@@H](CC(C)C)C(=O)N(C)[C@@H](C(C)C)C(=O)N1C. The molecule has 2 rings (SSSR count). The summed E-state index contributed by atoms with van der Waals surface area (Å²) in [5, 5.41) is 23.0. The molecule has 2 fully saturated rings. The Morgan fingerprint density at radius 1 is 0.530 bits per heavy atom. The number of hydrogen-bond acceptors (Lipinski definition) is 12. The maximum absolute atomic E-state index is 15.1. The first-order valence-corrected chi connectivity index (χ1v) is 29.9. The van der Waals surface area contributed by atoms with Gasteiger partial charge in [0.15, 0.2) is 0 Å². The molecule has 2 heterocycles. The highest BCUT2D eigenvalue weighted by molar-refractivity contribution is 5.99. The Bertz CT molecular complexity index is 2310. The fraction of sp³-hybridized carbons (Fsp3) is 0.783. The third-order valence-corrected chi connectivity index (χ3v) is 16.1. The van der Waals surface area contributed by atoms with Crippen LogP contribution in [0.2, 0.25) is 0 Å². The molecule has 472 valence electrons. The van der Waals surface area contributed by atoms with E-state index in [0.717, 1.165) is 9.80 Å². The predicted molar refractivity (Wildman–Crippen MR) is 317 cm³/mol. The van der Waals surface area contributed by atoms with E-state index in [4.69, 9.17) is 0 Å². The van der Waals surface area contributed by atoms with Gasteiger partial charge in [-0.05, 0) is 101 Å². The van der Waals surface area contributed by atoms with Gasteiger partial charge in [-0.1, -0.05) is 95.2 Å². The van der Waals surface area contributed by atoms with Gasteiger partial charge in [0.2, 0.25) is 65.0 Å². The Morgan fingerprint density at radius 3 is 1.51 bits per heavy atom. The first-order chi connectivity index (χ1) is 38.5. The molecule has 0 aromatic heterocycles. The molecule has 5 N–H and O–H groups in total. The molecule has 23 nitrogen and oxygen atoms in total. The van der Waals surface area contributed by atoms with E-state index in [2.05, 4.69) is 21.3 Å². The zero-order valence-corrected chi connectivity index (χ0v) is 53.9. The average Bonchev–Trinajstić information content (AvgIpc) is 4.04. The van der Waals surface area contributed by atoms with E-state index >= 15 is 9.59 Å². The predicted octanol–water partition coefficient (Wildman–Crippen LogP) is 2.39. The van der Waals surface area contributed by atoms with Crippen LogP contribution < -0.4 is 21.3 Å². The van der Waals surface area contributed by atoms with E-state index in [0.29, 0.717) is 12.8 Å². The standard InChI is InChI=1S/C60H105N11O12/c1-22-24-26-38(13)50(73)49-54(77)63-41(23-2)56(79)65(16)32-46(72)71-28-25-27-42(71)52(75)64-47(36(9)10)59(82)66(17)43(29-33(3)4)53(76)61-39(14)51(74)62-40(15)55(78)67(18)44(30-34(5)6)57(80)68(19)45(31-35(7)8)58(81)69(20)48(37(11)12)60(83)70(49)21/h22,24,33-45,47-50,73H,23,25-32H2,1-21H3,(H,61,76)(H,62,74)(H,63,77)(H,64,75)/b24-22+/t38-,39+,40-,41+,42+,43+,44+,45+,47+,48+,49+,50-/m1/s1. The van der Waals surface area contributed by atoms with Gasteiger partial charge >= 0.3 is 0 Å². The smallest absolute Gasteiger partial charge is 0.246 e. The van der Waals surface area contributed by atoms with Crippen molar-refractivity contribution in [2.75, 3.05) is 55.4 Å². The molecule has 2 saturated heterocycles. The third-order valence-electron chi connectivity index (χ3n) is 16.1. The van der Waals surface area contributed by atoms with Gasteiger partial charge in [0.1, 0.15) is 60.4 Å². The Morgan fingerprint density at radius 2 is 1.01 bits per heavy atom. The van der Waals surface area contributed by atoms with Gasteiger partial charge in [-0.15, -0.1) is 0 Å². The molecular weight excluding hydrogens is 1070 g/mol. The Hall–Kier alpha value is -6.13. The lowest BCUT2D eigenvalue weighted by atomic mass is 9.91. The maximum atomic E-state index is 15.1. The van der Waals surface area contributed by atoms with Crippen LogP contribution in [-0.4, -0.2) is 226 Å². The molecule has 0 aliphatic carbocycles. The molecular formula is C60H105N11O12. The maximum Gasteiger partial charge on any atom is 0.246 e. The van der Waals surface area contributed by atoms with Crippen molar-refractivity contribution in [2.24, 2.45) is 35.5 Å². The molecule has 2 aliphatic rings. The van der Waals surface area contributed by atoms with Crippen molar-refractivity contribution in [3.05, 3.63) is 12.2 Å². The summed E-state index contributed by atoms with van der Waals surface area (Å²) >= 11 is 0. The highest BCUT2D eigenvalue weighted by Gasteiger charge is 2.46. The van der Waals surface area contributed by atoms with E-state index < -0.39 is 156 Å². The number of aliphatic hydroxyl groups is 1. The lowest BCUT2D eigenvalue weighted by Gasteiger charge is -2.41. The molecule has 0 aromatic rings. The second-order valence-corrected chi connectivity index (χ2v) is 25.2. The van der Waals surface area contributed by atoms with Crippen LogP contribution in [0.3, 0.4) is 0 Å². The lowest BCUT2D eigenvalue weighted by molar-refractivity contribution is -0.157. The number of hydrogen-bond donors (Lipinski definition) is 5. The highest BCUT2D eigenvalue weighted by atomic mass is 16.3. The van der Waals surface area contributed by atoms with E-state index in [1.807, 2.05) is 47.6 Å². The molecule has 0 spiro atoms. The van der Waals surface area contributed by atoms with Gasteiger partial charge < -0.3 is 60.7 Å². The molecule has 0 unspecified atom stereocenters. The fourth-order valence-corrected chi connectivity index (χ4v) is 10.9. The molecule has 0 bridgehead atoms. The van der Waals surface area contributed by atoms with Crippen LogP contribution in [0, 0.1) is 35.5 Å². The van der Waals surface area contributed by atoms with E-state index in [1.165, 1.54) is 80.6 Å². The molecule has 2 aliphatic heterocycles. The summed E-state index contributed by atoms with van der Waals surface area (Å²) in [6, 6.07) is -12.1. The second-order valence-electron chi connectivity index (χ2n) is 25.2. The van der Waals surface area contributed by atoms with Crippen LogP contribution in [0.1, 0.15) is 149 Å². The number of likely N-dealkylation sites (N-methyl/N-ethyl adjacent to an activating group) is 6. The largest absolute Gasteiger partial charge is 0.390 e. The lowest BCUT2D eigenvalue weighted by Crippen LogP contribution is -2.63. The van der Waals surface area contributed by atoms with Crippen LogP contribution in [0.15, 0.2) is 12.2 Å². The van der Waals surface area contributed by atoms with E-state index in [9.17, 15) is 48.3 Å². The van der Waals surface area contributed by atoms with E-state index in [1.54, 1.807) is 54.5 Å². The number of fused-ring (bicyclic) bond motifs is 1. The van der Waals surface area contributed by atoms with Crippen molar-refractivity contribution in [3.8, 4) is 0 Å². The Labute approximate surface area is 495 Å². The number of rotatable bonds is 13. The summed E-state index contributed by atoms with van der Waals surface area (Å²) in [6.45, 7) is 25.9. The Balaban J connectivity index is 2.91. The number of carbonyl (C=O) groups excluding carboxylic acids is 11. The average molecular weight is 1170 g/mol. The van der Waals surface area contributed by atoms with Crippen LogP contribution in [0.5, 0.6) is 0 Å². The summed E-state index contributed by atoms with van der Waals surface area (Å²) in [6.07, 6.45) is 3.64. The van der Waals surface area contributed by atoms with Crippen molar-refractivity contribution in [3.63, 3.8) is 0 Å². The number of nitrogens with zero attached hydrogens (tertiary/aromatic N) is 7. The van der Waals surface area contributed by atoms with Crippen LogP contribution in [0.4, 0.5) is 0 Å². The van der Waals surface area contributed by atoms with Crippen molar-refractivity contribution < 1.29 is 57.8 Å². The second kappa shape index (κ2) is 32.8. The molecule has 11 amide bonds. The third kappa shape index (κ3) is 19.5. The molecule has 0 saturated carbocycles. The summed E-state index contributed by atoms with van der Waals surface area (Å²) in [5.74, 6) is -9.31. The Kier molecular flexibility index (Phi) is 28.8. The minimum atomic E-state index is -1.60. The van der Waals surface area contributed by atoms with Crippen molar-refractivity contribution >= 4 is 65.0 Å². The highest BCUT2D eigenvalue weighted by Crippen LogP contribution is 2.26. The number of amides is 11. The van der Waals surface area contributed by atoms with Gasteiger partial charge in [0, 0.05) is 48.8 Å². The molecule has 0 radical (unpaired) electrons. The van der Waals surface area contributed by atoms with Crippen LogP contribution >= 0.6 is 0 Å². The first-order valence-electron chi connectivity index (χ1n) is 29.9. The molecule has 0 aromatic carbocycles. The number of aliphatic hydroxyl groups excluding tert-OH is 1. The number of carbonyl (C=O) groups is 11. The van der Waals surface area contributed by atoms with Gasteiger partial charge in [-0.3, -0.25) is 52.7 Å². The number of allylic oxidation sites excluding steroid dienone is 2. The van der Waals surface area contributed by atoms with Crippen LogP contribution in [-0.2, 0) is 52.7 Å². The first kappa shape index (κ1) is 73.0. The van der Waals surface area contributed by atoms with Gasteiger partial charge in [-0.25, -0.2) is 0 Å². The zero-order chi connectivity index (χ0) is 63.8. The summed E-state index contributed by atoms with van der Waals surface area (Å²) < 4.78 is 0. The van der Waals surface area contributed by atoms with Crippen molar-refractivity contribution in [1.29, 1.82) is 0 Å². The molecule has 83 heavy (non-hydrogen) atoms. The molecule has 12 atom stereocenters. The van der Waals surface area contributed by atoms with Crippen LogP contribution in [0.25, 0.3) is 0 Å². The zero-order valence-electron chi connectivity index (χ0n) is 53.9. The van der Waals surface area contributed by atoms with E-state index in [-0.39, 0.29) is 56.4 Å². The topological polar surface area (TPSA) is 279 Å². The fourth-order valence-electron chi connectivity index (χ4n) is 10.9. The van der Waals surface area contributed by atoms with Gasteiger partial charge in [0.05, 0.1) is 12.6 Å². The van der Waals surface area contributed by atoms with Crippen molar-refractivity contribution in [1.82, 2.24) is 55.6 Å². The summed E-state index contributed by atoms with van der Waals surface area (Å²) in [5.41, 5.74) is 0. The van der Waals surface area contributed by atoms with Gasteiger partial charge in [-0.2, -0.15) is 0 Å². The minimum absolute atomic E-state index is 0.0373. The monoisotopic (exact) mass is 1170 g/mol. The summed E-state index contributed by atoms with van der Waals surface area (Å²) in [7, 11) is 8.52. The molecule has 23 heteroatoms.